The van der Waals surface area contributed by atoms with E-state index in [4.69, 9.17) is 4.74 Å². The minimum absolute atomic E-state index is 0.0970. The molecule has 1 N–H and O–H groups in total. The first-order valence-corrected chi connectivity index (χ1v) is 5.93. The smallest absolute Gasteiger partial charge is 0.338 e. The number of nitrogens with one attached hydrogen (secondary N) is 1. The van der Waals surface area contributed by atoms with E-state index in [0.29, 0.717) is 12.2 Å². The maximum absolute atomic E-state index is 11.4. The lowest BCUT2D eigenvalue weighted by molar-refractivity contribution is 0.0526. The molecule has 0 amide bonds. The van der Waals surface area contributed by atoms with E-state index < -0.39 is 0 Å². The van der Waals surface area contributed by atoms with E-state index in [9.17, 15) is 4.79 Å². The number of rotatable bonds is 4. The highest BCUT2D eigenvalue weighted by Crippen LogP contribution is 2.08. The molecule has 3 nitrogen and oxygen atoms in total. The molecule has 1 aromatic rings. The van der Waals surface area contributed by atoms with E-state index in [-0.39, 0.29) is 11.5 Å². The molecule has 0 unspecified atom stereocenters. The summed E-state index contributed by atoms with van der Waals surface area (Å²) in [7, 11) is 0. The van der Waals surface area contributed by atoms with Gasteiger partial charge in [-0.3, -0.25) is 0 Å². The highest BCUT2D eigenvalue weighted by Gasteiger charge is 2.09. The van der Waals surface area contributed by atoms with Crippen molar-refractivity contribution in [3.05, 3.63) is 35.4 Å². The molecular weight excluding hydrogens is 214 g/mol. The molecule has 1 aromatic carbocycles. The maximum Gasteiger partial charge on any atom is 0.338 e. The number of esters is 1. The van der Waals surface area contributed by atoms with E-state index >= 15 is 0 Å². The first kappa shape index (κ1) is 13.7. The van der Waals surface area contributed by atoms with Crippen LogP contribution < -0.4 is 5.32 Å². The predicted molar refractivity (Wildman–Crippen MR) is 69.0 cm³/mol. The van der Waals surface area contributed by atoms with Gasteiger partial charge in [-0.25, -0.2) is 4.79 Å². The average Bonchev–Trinajstić information content (AvgIpc) is 2.26. The molecule has 0 radical (unpaired) electrons. The fraction of sp³-hybridized carbons (Fsp3) is 0.500. The van der Waals surface area contributed by atoms with E-state index in [2.05, 4.69) is 26.1 Å². The highest BCUT2D eigenvalue weighted by atomic mass is 16.5. The van der Waals surface area contributed by atoms with E-state index in [0.717, 1.165) is 12.1 Å². The maximum atomic E-state index is 11.4. The van der Waals surface area contributed by atoms with Gasteiger partial charge in [0.1, 0.15) is 0 Å². The number of ether oxygens (including phenoxy) is 1. The van der Waals surface area contributed by atoms with Crippen molar-refractivity contribution in [2.75, 3.05) is 6.61 Å². The Morgan fingerprint density at radius 3 is 2.29 bits per heavy atom. The van der Waals surface area contributed by atoms with Crippen LogP contribution in [0, 0.1) is 0 Å². The first-order chi connectivity index (χ1) is 7.92. The molecule has 0 spiro atoms. The Morgan fingerprint density at radius 2 is 1.82 bits per heavy atom. The van der Waals surface area contributed by atoms with Crippen LogP contribution in [0.25, 0.3) is 0 Å². The molecule has 0 fully saturated rings. The first-order valence-electron chi connectivity index (χ1n) is 5.93. The predicted octanol–water partition coefficient (Wildman–Crippen LogP) is 2.75. The average molecular weight is 235 g/mol. The Morgan fingerprint density at radius 1 is 1.24 bits per heavy atom. The fourth-order valence-corrected chi connectivity index (χ4v) is 1.34. The lowest BCUT2D eigenvalue weighted by atomic mass is 10.1. The van der Waals surface area contributed by atoms with Gasteiger partial charge in [0, 0.05) is 12.1 Å². The molecule has 17 heavy (non-hydrogen) atoms. The molecular formula is C14H21NO2. The van der Waals surface area contributed by atoms with E-state index in [1.807, 2.05) is 12.1 Å². The number of carbonyl (C=O) groups is 1. The molecule has 1 rings (SSSR count). The van der Waals surface area contributed by atoms with Gasteiger partial charge in [-0.15, -0.1) is 0 Å². The number of hydrogen-bond donors (Lipinski definition) is 1. The summed E-state index contributed by atoms with van der Waals surface area (Å²) in [6.07, 6.45) is 0. The molecule has 0 aliphatic carbocycles. The molecule has 0 aliphatic rings. The van der Waals surface area contributed by atoms with Crippen molar-refractivity contribution in [2.45, 2.75) is 39.8 Å². The number of benzene rings is 1. The number of carbonyl (C=O) groups excluding carboxylic acids is 1. The Bertz CT molecular complexity index is 363. The summed E-state index contributed by atoms with van der Waals surface area (Å²) in [6, 6.07) is 7.51. The van der Waals surface area contributed by atoms with Gasteiger partial charge in [-0.1, -0.05) is 12.1 Å². The van der Waals surface area contributed by atoms with Crippen molar-refractivity contribution < 1.29 is 9.53 Å². The van der Waals surface area contributed by atoms with Crippen molar-refractivity contribution in [3.63, 3.8) is 0 Å². The molecule has 0 aromatic heterocycles. The molecule has 94 valence electrons. The van der Waals surface area contributed by atoms with Crippen LogP contribution in [0.1, 0.15) is 43.6 Å². The monoisotopic (exact) mass is 235 g/mol. The second-order valence-corrected chi connectivity index (χ2v) is 5.02. The quantitative estimate of drug-likeness (QED) is 0.815. The third-order valence-corrected chi connectivity index (χ3v) is 2.29. The lowest BCUT2D eigenvalue weighted by Crippen LogP contribution is -2.35. The van der Waals surface area contributed by atoms with Crippen LogP contribution in [-0.2, 0) is 11.3 Å². The minimum atomic E-state index is -0.261. The van der Waals surface area contributed by atoms with Gasteiger partial charge >= 0.3 is 5.97 Å². The normalized spacial score (nSPS) is 11.3. The van der Waals surface area contributed by atoms with Crippen LogP contribution in [0.3, 0.4) is 0 Å². The van der Waals surface area contributed by atoms with E-state index in [1.54, 1.807) is 19.1 Å². The Kier molecular flexibility index (Phi) is 4.70. The Balaban J connectivity index is 2.59. The van der Waals surface area contributed by atoms with Crippen molar-refractivity contribution >= 4 is 5.97 Å². The summed E-state index contributed by atoms with van der Waals surface area (Å²) >= 11 is 0. The van der Waals surface area contributed by atoms with Crippen LogP contribution in [0.5, 0.6) is 0 Å². The molecule has 0 saturated carbocycles. The third-order valence-electron chi connectivity index (χ3n) is 2.29. The Labute approximate surface area is 103 Å². The van der Waals surface area contributed by atoms with E-state index in [1.165, 1.54) is 0 Å². The summed E-state index contributed by atoms with van der Waals surface area (Å²) in [5.74, 6) is -0.261. The summed E-state index contributed by atoms with van der Waals surface area (Å²) in [5.41, 5.74) is 1.86. The zero-order chi connectivity index (χ0) is 12.9. The van der Waals surface area contributed by atoms with Gasteiger partial charge in [0.25, 0.3) is 0 Å². The van der Waals surface area contributed by atoms with Gasteiger partial charge in [0.2, 0.25) is 0 Å². The lowest BCUT2D eigenvalue weighted by Gasteiger charge is -2.20. The van der Waals surface area contributed by atoms with Gasteiger partial charge in [0.05, 0.1) is 12.2 Å². The molecule has 3 heteroatoms. The van der Waals surface area contributed by atoms with Crippen LogP contribution in [0.2, 0.25) is 0 Å². The summed E-state index contributed by atoms with van der Waals surface area (Å²) < 4.78 is 4.93. The van der Waals surface area contributed by atoms with Gasteiger partial charge in [0.15, 0.2) is 0 Å². The molecule has 0 heterocycles. The summed E-state index contributed by atoms with van der Waals surface area (Å²) in [6.45, 7) is 9.39. The van der Waals surface area contributed by atoms with Crippen molar-refractivity contribution in [1.82, 2.24) is 5.32 Å². The summed E-state index contributed by atoms with van der Waals surface area (Å²) in [4.78, 5) is 11.4. The second kappa shape index (κ2) is 5.82. The zero-order valence-corrected chi connectivity index (χ0v) is 11.0. The van der Waals surface area contributed by atoms with Crippen molar-refractivity contribution in [2.24, 2.45) is 0 Å². The molecule has 0 aliphatic heterocycles. The van der Waals surface area contributed by atoms with Gasteiger partial charge in [-0.2, -0.15) is 0 Å². The van der Waals surface area contributed by atoms with Crippen LogP contribution in [-0.4, -0.2) is 18.1 Å². The third kappa shape index (κ3) is 5.00. The molecule has 0 atom stereocenters. The zero-order valence-electron chi connectivity index (χ0n) is 11.0. The summed E-state index contributed by atoms with van der Waals surface area (Å²) in [5, 5.41) is 3.40. The topological polar surface area (TPSA) is 38.3 Å². The molecule has 0 saturated heterocycles. The van der Waals surface area contributed by atoms with Gasteiger partial charge < -0.3 is 10.1 Å². The van der Waals surface area contributed by atoms with Crippen LogP contribution in [0.15, 0.2) is 24.3 Å². The Hall–Kier alpha value is -1.35. The number of hydrogen-bond acceptors (Lipinski definition) is 3. The van der Waals surface area contributed by atoms with Crippen molar-refractivity contribution in [3.8, 4) is 0 Å². The minimum Gasteiger partial charge on any atom is -0.462 e. The van der Waals surface area contributed by atoms with Crippen LogP contribution >= 0.6 is 0 Å². The highest BCUT2D eigenvalue weighted by molar-refractivity contribution is 5.89. The fourth-order valence-electron chi connectivity index (χ4n) is 1.34. The second-order valence-electron chi connectivity index (χ2n) is 5.02. The van der Waals surface area contributed by atoms with Gasteiger partial charge in [-0.05, 0) is 45.4 Å². The largest absolute Gasteiger partial charge is 0.462 e. The standard InChI is InChI=1S/C14H21NO2/c1-5-17-13(16)12-8-6-11(7-9-12)10-15-14(2,3)4/h6-9,15H,5,10H2,1-4H3. The SMILES string of the molecule is CCOC(=O)c1ccc(CNC(C)(C)C)cc1. The van der Waals surface area contributed by atoms with Crippen LogP contribution in [0.4, 0.5) is 0 Å². The molecule has 0 bridgehead atoms. The van der Waals surface area contributed by atoms with Crippen molar-refractivity contribution in [1.29, 1.82) is 0 Å².